The van der Waals surface area contributed by atoms with Gasteiger partial charge in [0.05, 0.1) is 5.52 Å². The molecule has 0 aliphatic carbocycles. The molecule has 0 fully saturated rings. The second-order valence-electron chi connectivity index (χ2n) is 4.22. The van der Waals surface area contributed by atoms with Gasteiger partial charge in [0, 0.05) is 26.3 Å². The summed E-state index contributed by atoms with van der Waals surface area (Å²) in [6.45, 7) is 0. The summed E-state index contributed by atoms with van der Waals surface area (Å²) in [6, 6.07) is 17.1. The van der Waals surface area contributed by atoms with Gasteiger partial charge in [-0.05, 0) is 46.9 Å². The highest BCUT2D eigenvalue weighted by Gasteiger charge is 2.12. The number of carbonyl (C=O) groups is 1. The number of aromatic nitrogens is 1. The Morgan fingerprint density at radius 2 is 1.84 bits per heavy atom. The largest absolute Gasteiger partial charge is 0.289 e. The van der Waals surface area contributed by atoms with Crippen LogP contribution in [0.25, 0.3) is 10.9 Å². The summed E-state index contributed by atoms with van der Waals surface area (Å²) in [5.41, 5.74) is 2.26. The lowest BCUT2D eigenvalue weighted by Crippen LogP contribution is -2.02. The average molecular weight is 359 g/mol. The fraction of sp³-hybridized carbons (Fsp3) is 0. The molecule has 1 heterocycles. The Bertz CT molecular complexity index is 762. The van der Waals surface area contributed by atoms with E-state index in [9.17, 15) is 4.79 Å². The van der Waals surface area contributed by atoms with Crippen molar-refractivity contribution in [2.24, 2.45) is 0 Å². The Hall–Kier alpha value is -1.75. The summed E-state index contributed by atoms with van der Waals surface area (Å²) in [7, 11) is 0. The van der Waals surface area contributed by atoms with Crippen LogP contribution in [0.4, 0.5) is 0 Å². The van der Waals surface area contributed by atoms with Crippen molar-refractivity contribution in [3.63, 3.8) is 0 Å². The molecule has 0 saturated heterocycles. The second kappa shape index (κ2) is 5.09. The number of benzene rings is 2. The Labute approximate surface area is 124 Å². The van der Waals surface area contributed by atoms with Crippen LogP contribution in [0.2, 0.25) is 0 Å². The molecule has 1 aromatic heterocycles. The van der Waals surface area contributed by atoms with Crippen molar-refractivity contribution in [2.45, 2.75) is 0 Å². The first-order valence-electron chi connectivity index (χ1n) is 5.90. The van der Waals surface area contributed by atoms with Crippen LogP contribution in [0.1, 0.15) is 15.9 Å². The molecule has 0 bridgehead atoms. The Kier molecular flexibility index (Phi) is 3.29. The highest BCUT2D eigenvalue weighted by molar-refractivity contribution is 14.1. The van der Waals surface area contributed by atoms with E-state index in [4.69, 9.17) is 0 Å². The zero-order valence-electron chi connectivity index (χ0n) is 10.0. The number of rotatable bonds is 2. The van der Waals surface area contributed by atoms with E-state index in [1.807, 2.05) is 48.5 Å². The molecule has 3 aromatic rings. The summed E-state index contributed by atoms with van der Waals surface area (Å²) >= 11 is 2.21. The highest BCUT2D eigenvalue weighted by Crippen LogP contribution is 2.20. The monoisotopic (exact) mass is 359 g/mol. The van der Waals surface area contributed by atoms with Gasteiger partial charge in [-0.15, -0.1) is 0 Å². The number of pyridine rings is 1. The van der Waals surface area contributed by atoms with E-state index in [0.29, 0.717) is 11.1 Å². The molecule has 0 saturated carbocycles. The molecule has 3 rings (SSSR count). The van der Waals surface area contributed by atoms with Crippen LogP contribution in [-0.2, 0) is 0 Å². The number of hydrogen-bond acceptors (Lipinski definition) is 2. The van der Waals surface area contributed by atoms with Gasteiger partial charge in [0.25, 0.3) is 0 Å². The smallest absolute Gasteiger partial charge is 0.193 e. The number of halogens is 1. The Balaban J connectivity index is 2.17. The van der Waals surface area contributed by atoms with Gasteiger partial charge >= 0.3 is 0 Å². The van der Waals surface area contributed by atoms with Crippen molar-refractivity contribution in [3.8, 4) is 0 Å². The summed E-state index contributed by atoms with van der Waals surface area (Å²) < 4.78 is 1.06. The lowest BCUT2D eigenvalue weighted by Gasteiger charge is -2.05. The van der Waals surface area contributed by atoms with Gasteiger partial charge in [-0.1, -0.05) is 30.3 Å². The third-order valence-electron chi connectivity index (χ3n) is 2.98. The lowest BCUT2D eigenvalue weighted by molar-refractivity contribution is 0.104. The number of nitrogens with zero attached hydrogens (tertiary/aromatic N) is 1. The lowest BCUT2D eigenvalue weighted by atomic mass is 10.00. The van der Waals surface area contributed by atoms with Crippen molar-refractivity contribution >= 4 is 39.3 Å². The molecule has 0 amide bonds. The van der Waals surface area contributed by atoms with Gasteiger partial charge < -0.3 is 0 Å². The van der Waals surface area contributed by atoms with E-state index in [1.54, 1.807) is 12.3 Å². The van der Waals surface area contributed by atoms with Gasteiger partial charge in [-0.3, -0.25) is 9.78 Å². The highest BCUT2D eigenvalue weighted by atomic mass is 127. The third kappa shape index (κ3) is 2.38. The predicted molar refractivity (Wildman–Crippen MR) is 84.3 cm³/mol. The van der Waals surface area contributed by atoms with Gasteiger partial charge in [0.1, 0.15) is 0 Å². The van der Waals surface area contributed by atoms with Gasteiger partial charge in [-0.25, -0.2) is 0 Å². The quantitative estimate of drug-likeness (QED) is 0.510. The van der Waals surface area contributed by atoms with Gasteiger partial charge in [0.2, 0.25) is 0 Å². The fourth-order valence-corrected chi connectivity index (χ4v) is 2.62. The molecule has 0 aliphatic rings. The zero-order chi connectivity index (χ0) is 13.2. The van der Waals surface area contributed by atoms with E-state index < -0.39 is 0 Å². The fourth-order valence-electron chi connectivity index (χ4n) is 2.08. The normalized spacial score (nSPS) is 10.6. The van der Waals surface area contributed by atoms with Gasteiger partial charge in [0.15, 0.2) is 5.78 Å². The SMILES string of the molecule is O=C(c1cccc(I)c1)c1ccnc2ccccc12. The molecule has 0 atom stereocenters. The summed E-state index contributed by atoms with van der Waals surface area (Å²) in [4.78, 5) is 16.9. The third-order valence-corrected chi connectivity index (χ3v) is 3.65. The molecular formula is C16H10INO. The number of fused-ring (bicyclic) bond motifs is 1. The van der Waals surface area contributed by atoms with Crippen LogP contribution in [0.15, 0.2) is 60.8 Å². The van der Waals surface area contributed by atoms with Crippen molar-refractivity contribution in [2.75, 3.05) is 0 Å². The molecule has 92 valence electrons. The van der Waals surface area contributed by atoms with Crippen LogP contribution < -0.4 is 0 Å². The van der Waals surface area contributed by atoms with Crippen LogP contribution >= 0.6 is 22.6 Å². The summed E-state index contributed by atoms with van der Waals surface area (Å²) in [6.07, 6.45) is 1.68. The zero-order valence-corrected chi connectivity index (χ0v) is 12.2. The number of ketones is 1. The first kappa shape index (κ1) is 12.3. The van der Waals surface area contributed by atoms with Crippen LogP contribution in [0.3, 0.4) is 0 Å². The molecule has 0 radical (unpaired) electrons. The first-order valence-corrected chi connectivity index (χ1v) is 6.97. The molecule has 0 N–H and O–H groups in total. The van der Waals surface area contributed by atoms with Crippen molar-refractivity contribution < 1.29 is 4.79 Å². The number of carbonyl (C=O) groups excluding carboxylic acids is 1. The van der Waals surface area contributed by atoms with Crippen LogP contribution in [-0.4, -0.2) is 10.8 Å². The van der Waals surface area contributed by atoms with Crippen molar-refractivity contribution in [1.29, 1.82) is 0 Å². The maximum absolute atomic E-state index is 12.6. The molecule has 19 heavy (non-hydrogen) atoms. The average Bonchev–Trinajstić information content (AvgIpc) is 2.46. The molecule has 0 aliphatic heterocycles. The van der Waals surface area contributed by atoms with E-state index >= 15 is 0 Å². The minimum atomic E-state index is 0.0390. The van der Waals surface area contributed by atoms with E-state index in [0.717, 1.165) is 14.5 Å². The topological polar surface area (TPSA) is 30.0 Å². The van der Waals surface area contributed by atoms with Crippen LogP contribution in [0.5, 0.6) is 0 Å². The van der Waals surface area contributed by atoms with Crippen molar-refractivity contribution in [1.82, 2.24) is 4.98 Å². The number of para-hydroxylation sites is 1. The second-order valence-corrected chi connectivity index (χ2v) is 5.46. The van der Waals surface area contributed by atoms with Crippen LogP contribution in [0, 0.1) is 3.57 Å². The molecule has 2 aromatic carbocycles. The maximum atomic E-state index is 12.6. The summed E-state index contributed by atoms with van der Waals surface area (Å²) in [5, 5.41) is 0.897. The maximum Gasteiger partial charge on any atom is 0.193 e. The van der Waals surface area contributed by atoms with Crippen molar-refractivity contribution in [3.05, 3.63) is 75.5 Å². The van der Waals surface area contributed by atoms with E-state index in [-0.39, 0.29) is 5.78 Å². The molecule has 2 nitrogen and oxygen atoms in total. The standard InChI is InChI=1S/C16H10INO/c17-12-5-3-4-11(10-12)16(19)14-8-9-18-15-7-2-1-6-13(14)15/h1-10H. The first-order chi connectivity index (χ1) is 9.25. The minimum absolute atomic E-state index is 0.0390. The Morgan fingerprint density at radius 1 is 1.00 bits per heavy atom. The molecule has 3 heteroatoms. The molecular weight excluding hydrogens is 349 g/mol. The molecule has 0 spiro atoms. The van der Waals surface area contributed by atoms with E-state index in [2.05, 4.69) is 27.6 Å². The molecule has 0 unspecified atom stereocenters. The van der Waals surface area contributed by atoms with E-state index in [1.165, 1.54) is 0 Å². The Morgan fingerprint density at radius 3 is 2.68 bits per heavy atom. The predicted octanol–water partition coefficient (Wildman–Crippen LogP) is 4.07. The van der Waals surface area contributed by atoms with Gasteiger partial charge in [-0.2, -0.15) is 0 Å². The summed E-state index contributed by atoms with van der Waals surface area (Å²) in [5.74, 6) is 0.0390. The number of hydrogen-bond donors (Lipinski definition) is 0. The minimum Gasteiger partial charge on any atom is -0.289 e.